The molecule has 3 rings (SSSR count). The molecule has 0 aromatic heterocycles. The van der Waals surface area contributed by atoms with Crippen molar-refractivity contribution >= 4 is 5.97 Å². The Morgan fingerprint density at radius 2 is 1.67 bits per heavy atom. The highest BCUT2D eigenvalue weighted by atomic mass is 19.4. The van der Waals surface area contributed by atoms with E-state index in [1.807, 2.05) is 30.3 Å². The predicted octanol–water partition coefficient (Wildman–Crippen LogP) is 5.43. The van der Waals surface area contributed by atoms with E-state index in [0.29, 0.717) is 34.5 Å². The molecule has 0 aliphatic rings. The van der Waals surface area contributed by atoms with Crippen molar-refractivity contribution in [3.05, 3.63) is 89.0 Å². The second-order valence-electron chi connectivity index (χ2n) is 7.57. The molecule has 0 saturated heterocycles. The molecular weight excluding hydrogens is 431 g/mol. The highest BCUT2D eigenvalue weighted by Crippen LogP contribution is 2.37. The Balaban J connectivity index is 1.91. The van der Waals surface area contributed by atoms with Gasteiger partial charge in [-0.1, -0.05) is 42.5 Å². The maximum absolute atomic E-state index is 13.4. The number of hydrogen-bond donors (Lipinski definition) is 1. The second kappa shape index (κ2) is 11.0. The number of benzene rings is 3. The van der Waals surface area contributed by atoms with Gasteiger partial charge in [-0.25, -0.2) is 0 Å². The van der Waals surface area contributed by atoms with E-state index in [2.05, 4.69) is 5.32 Å². The van der Waals surface area contributed by atoms with E-state index in [1.54, 1.807) is 18.2 Å². The van der Waals surface area contributed by atoms with Gasteiger partial charge in [0.2, 0.25) is 0 Å². The van der Waals surface area contributed by atoms with E-state index >= 15 is 0 Å². The van der Waals surface area contributed by atoms with Crippen LogP contribution in [0.4, 0.5) is 13.2 Å². The fourth-order valence-corrected chi connectivity index (χ4v) is 3.59. The lowest BCUT2D eigenvalue weighted by molar-refractivity contribution is -0.140. The van der Waals surface area contributed by atoms with Crippen LogP contribution in [-0.4, -0.2) is 26.7 Å². The molecule has 0 spiro atoms. The molecule has 0 fully saturated rings. The van der Waals surface area contributed by atoms with Crippen molar-refractivity contribution in [2.75, 3.05) is 20.8 Å². The standard InChI is InChI=1S/C26H26F3NO3/c1-32-24-11-8-19(15-25(31)33-2)14-23(24)22-10-9-21(26(27,28)29)16-20(22)17-30-13-12-18-6-4-3-5-7-18/h3-11,14,16,30H,12-13,15,17H2,1-2H3. The normalized spacial score (nSPS) is 11.3. The van der Waals surface area contributed by atoms with Crippen LogP contribution in [0.5, 0.6) is 5.75 Å². The smallest absolute Gasteiger partial charge is 0.416 e. The maximum Gasteiger partial charge on any atom is 0.416 e. The number of ether oxygens (including phenoxy) is 2. The largest absolute Gasteiger partial charge is 0.496 e. The van der Waals surface area contributed by atoms with Gasteiger partial charge in [0.25, 0.3) is 0 Å². The summed E-state index contributed by atoms with van der Waals surface area (Å²) < 4.78 is 50.4. The summed E-state index contributed by atoms with van der Waals surface area (Å²) in [5, 5.41) is 3.25. The molecule has 0 atom stereocenters. The van der Waals surface area contributed by atoms with Crippen molar-refractivity contribution in [2.24, 2.45) is 0 Å². The van der Waals surface area contributed by atoms with Gasteiger partial charge >= 0.3 is 12.1 Å². The van der Waals surface area contributed by atoms with Crippen molar-refractivity contribution < 1.29 is 27.4 Å². The average molecular weight is 457 g/mol. The van der Waals surface area contributed by atoms with Crippen LogP contribution < -0.4 is 10.1 Å². The molecule has 0 amide bonds. The Morgan fingerprint density at radius 3 is 2.33 bits per heavy atom. The number of carbonyl (C=O) groups is 1. The molecule has 7 heteroatoms. The fourth-order valence-electron chi connectivity index (χ4n) is 3.59. The van der Waals surface area contributed by atoms with Gasteiger partial charge in [0.05, 0.1) is 26.2 Å². The van der Waals surface area contributed by atoms with Crippen LogP contribution in [0.25, 0.3) is 11.1 Å². The quantitative estimate of drug-likeness (QED) is 0.344. The third kappa shape index (κ3) is 6.58. The molecule has 174 valence electrons. The van der Waals surface area contributed by atoms with E-state index in [4.69, 9.17) is 9.47 Å². The zero-order valence-corrected chi connectivity index (χ0v) is 18.5. The molecule has 0 unspecified atom stereocenters. The van der Waals surface area contributed by atoms with Gasteiger partial charge in [-0.3, -0.25) is 4.79 Å². The molecule has 0 aliphatic carbocycles. The van der Waals surface area contributed by atoms with Crippen molar-refractivity contribution in [2.45, 2.75) is 25.6 Å². The Morgan fingerprint density at radius 1 is 0.909 bits per heavy atom. The summed E-state index contributed by atoms with van der Waals surface area (Å²) in [7, 11) is 2.81. The van der Waals surface area contributed by atoms with Gasteiger partial charge in [0, 0.05) is 12.1 Å². The summed E-state index contributed by atoms with van der Waals surface area (Å²) in [6.07, 6.45) is -3.64. The fraction of sp³-hybridized carbons (Fsp3) is 0.269. The SMILES string of the molecule is COC(=O)Cc1ccc(OC)c(-c2ccc(C(F)(F)F)cc2CNCCc2ccccc2)c1. The average Bonchev–Trinajstić information content (AvgIpc) is 2.81. The monoisotopic (exact) mass is 457 g/mol. The molecule has 4 nitrogen and oxygen atoms in total. The maximum atomic E-state index is 13.4. The summed E-state index contributed by atoms with van der Waals surface area (Å²) in [6, 6.07) is 18.7. The lowest BCUT2D eigenvalue weighted by atomic mass is 9.94. The topological polar surface area (TPSA) is 47.6 Å². The van der Waals surface area contributed by atoms with E-state index in [-0.39, 0.29) is 13.0 Å². The third-order valence-electron chi connectivity index (χ3n) is 5.31. The highest BCUT2D eigenvalue weighted by molar-refractivity contribution is 5.77. The predicted molar refractivity (Wildman–Crippen MR) is 121 cm³/mol. The van der Waals surface area contributed by atoms with E-state index in [0.717, 1.165) is 24.1 Å². The van der Waals surface area contributed by atoms with Crippen molar-refractivity contribution in [1.29, 1.82) is 0 Å². The molecule has 0 aliphatic heterocycles. The first kappa shape index (κ1) is 24.3. The number of nitrogens with one attached hydrogen (secondary N) is 1. The van der Waals surface area contributed by atoms with E-state index in [9.17, 15) is 18.0 Å². The van der Waals surface area contributed by atoms with Gasteiger partial charge in [-0.15, -0.1) is 0 Å². The Labute approximate surface area is 191 Å². The summed E-state index contributed by atoms with van der Waals surface area (Å²) >= 11 is 0. The zero-order chi connectivity index (χ0) is 23.8. The van der Waals surface area contributed by atoms with Crippen molar-refractivity contribution in [3.8, 4) is 16.9 Å². The minimum Gasteiger partial charge on any atom is -0.496 e. The number of rotatable bonds is 9. The number of alkyl halides is 3. The Kier molecular flexibility index (Phi) is 8.11. The van der Waals surface area contributed by atoms with Crippen LogP contribution in [0, 0.1) is 0 Å². The summed E-state index contributed by atoms with van der Waals surface area (Å²) in [6.45, 7) is 0.857. The van der Waals surface area contributed by atoms with Crippen LogP contribution in [-0.2, 0) is 35.1 Å². The third-order valence-corrected chi connectivity index (χ3v) is 5.31. The molecule has 0 heterocycles. The number of esters is 1. The minimum absolute atomic E-state index is 0.0544. The Hall–Kier alpha value is -3.32. The van der Waals surface area contributed by atoms with Gasteiger partial charge in [0.1, 0.15) is 5.75 Å². The first-order chi connectivity index (χ1) is 15.8. The summed E-state index contributed by atoms with van der Waals surface area (Å²) in [4.78, 5) is 11.7. The van der Waals surface area contributed by atoms with Gasteiger partial charge in [-0.05, 0) is 59.5 Å². The van der Waals surface area contributed by atoms with Crippen molar-refractivity contribution in [1.82, 2.24) is 5.32 Å². The van der Waals surface area contributed by atoms with E-state index < -0.39 is 17.7 Å². The lowest BCUT2D eigenvalue weighted by Gasteiger charge is -2.17. The summed E-state index contributed by atoms with van der Waals surface area (Å²) in [5.41, 5.74) is 2.83. The molecule has 1 N–H and O–H groups in total. The van der Waals surface area contributed by atoms with Crippen LogP contribution in [0.15, 0.2) is 66.7 Å². The molecule has 3 aromatic rings. The second-order valence-corrected chi connectivity index (χ2v) is 7.57. The lowest BCUT2D eigenvalue weighted by Crippen LogP contribution is -2.18. The molecule has 3 aromatic carbocycles. The molecular formula is C26H26F3NO3. The minimum atomic E-state index is -4.45. The van der Waals surface area contributed by atoms with Crippen LogP contribution in [0.2, 0.25) is 0 Å². The van der Waals surface area contributed by atoms with Gasteiger partial charge < -0.3 is 14.8 Å². The molecule has 0 bridgehead atoms. The zero-order valence-electron chi connectivity index (χ0n) is 18.5. The molecule has 0 saturated carbocycles. The first-order valence-electron chi connectivity index (χ1n) is 10.5. The number of methoxy groups -OCH3 is 2. The van der Waals surface area contributed by atoms with E-state index in [1.165, 1.54) is 20.3 Å². The number of carbonyl (C=O) groups excluding carboxylic acids is 1. The van der Waals surface area contributed by atoms with Gasteiger partial charge in [0.15, 0.2) is 0 Å². The summed E-state index contributed by atoms with van der Waals surface area (Å²) in [5.74, 6) is 0.107. The number of hydrogen-bond acceptors (Lipinski definition) is 4. The highest BCUT2D eigenvalue weighted by Gasteiger charge is 2.31. The van der Waals surface area contributed by atoms with Crippen LogP contribution in [0.1, 0.15) is 22.3 Å². The number of halogens is 3. The molecule has 0 radical (unpaired) electrons. The first-order valence-corrected chi connectivity index (χ1v) is 10.5. The Bertz CT molecular complexity index is 1080. The van der Waals surface area contributed by atoms with Gasteiger partial charge in [-0.2, -0.15) is 13.2 Å². The molecule has 33 heavy (non-hydrogen) atoms. The van der Waals surface area contributed by atoms with Crippen LogP contribution in [0.3, 0.4) is 0 Å². The van der Waals surface area contributed by atoms with Crippen molar-refractivity contribution in [3.63, 3.8) is 0 Å². The van der Waals surface area contributed by atoms with Crippen LogP contribution >= 0.6 is 0 Å².